The lowest BCUT2D eigenvalue weighted by Crippen LogP contribution is -3.13. The second kappa shape index (κ2) is 8.49. The molecule has 0 amide bonds. The highest BCUT2D eigenvalue weighted by Crippen LogP contribution is 2.33. The summed E-state index contributed by atoms with van der Waals surface area (Å²) in [5.41, 5.74) is 6.99. The molecule has 160 valence electrons. The van der Waals surface area contributed by atoms with E-state index in [9.17, 15) is 5.26 Å². The number of fused-ring (bicyclic) bond motifs is 3. The third-order valence-electron chi connectivity index (χ3n) is 6.62. The molecule has 0 radical (unpaired) electrons. The smallest absolute Gasteiger partial charge is 0.157 e. The number of pyridine rings is 1. The third-order valence-corrected chi connectivity index (χ3v) is 6.62. The van der Waals surface area contributed by atoms with Gasteiger partial charge in [-0.1, -0.05) is 48.5 Å². The molecule has 5 rings (SSSR count). The SMILES string of the molecule is C=CCc1c(C)c(C#N)c2nc3ccccc3n2c1N1CC[NH+](Cc2ccccc2)CC1. The number of para-hydroxylation sites is 2. The van der Waals surface area contributed by atoms with E-state index in [1.54, 1.807) is 4.90 Å². The molecule has 1 aliphatic rings. The Bertz CT molecular complexity index is 1320. The number of aromatic nitrogens is 2. The lowest BCUT2D eigenvalue weighted by Gasteiger charge is -2.35. The Kier molecular flexibility index (Phi) is 5.38. The normalized spacial score (nSPS) is 14.7. The van der Waals surface area contributed by atoms with Gasteiger partial charge >= 0.3 is 0 Å². The molecular formula is C27H28N5+. The van der Waals surface area contributed by atoms with E-state index in [1.165, 1.54) is 16.9 Å². The number of piperazine rings is 1. The van der Waals surface area contributed by atoms with Gasteiger partial charge in [0.1, 0.15) is 18.4 Å². The van der Waals surface area contributed by atoms with Crippen LogP contribution >= 0.6 is 0 Å². The van der Waals surface area contributed by atoms with Crippen LogP contribution < -0.4 is 9.80 Å². The summed E-state index contributed by atoms with van der Waals surface area (Å²) in [5.74, 6) is 1.17. The predicted octanol–water partition coefficient (Wildman–Crippen LogP) is 3.30. The fraction of sp³-hybridized carbons (Fsp3) is 0.259. The number of hydrogen-bond acceptors (Lipinski definition) is 3. The molecule has 32 heavy (non-hydrogen) atoms. The average Bonchev–Trinajstić information content (AvgIpc) is 3.20. The van der Waals surface area contributed by atoms with Crippen LogP contribution in [0.5, 0.6) is 0 Å². The Hall–Kier alpha value is -3.62. The molecule has 1 N–H and O–H groups in total. The van der Waals surface area contributed by atoms with Crippen LogP contribution in [0.4, 0.5) is 5.82 Å². The number of allylic oxidation sites excluding steroid dienone is 1. The molecule has 5 nitrogen and oxygen atoms in total. The molecule has 1 saturated heterocycles. The van der Waals surface area contributed by atoms with E-state index in [-0.39, 0.29) is 0 Å². The zero-order chi connectivity index (χ0) is 22.1. The van der Waals surface area contributed by atoms with E-state index in [0.29, 0.717) is 5.56 Å². The van der Waals surface area contributed by atoms with Crippen LogP contribution in [0.15, 0.2) is 67.3 Å². The van der Waals surface area contributed by atoms with Crippen LogP contribution in [0.1, 0.15) is 22.3 Å². The van der Waals surface area contributed by atoms with Crippen molar-refractivity contribution >= 4 is 22.5 Å². The van der Waals surface area contributed by atoms with Crippen LogP contribution in [0.25, 0.3) is 16.7 Å². The van der Waals surface area contributed by atoms with Crippen LogP contribution in [-0.4, -0.2) is 35.6 Å². The minimum atomic E-state index is 0.662. The molecule has 2 aromatic heterocycles. The van der Waals surface area contributed by atoms with Gasteiger partial charge in [-0.3, -0.25) is 4.40 Å². The summed E-state index contributed by atoms with van der Waals surface area (Å²) in [6.07, 6.45) is 2.67. The molecule has 0 spiro atoms. The fourth-order valence-corrected chi connectivity index (χ4v) is 4.98. The Morgan fingerprint density at radius 1 is 1.09 bits per heavy atom. The van der Waals surface area contributed by atoms with Gasteiger partial charge in [0.2, 0.25) is 0 Å². The number of benzene rings is 2. The highest BCUT2D eigenvalue weighted by molar-refractivity contribution is 5.86. The number of nitriles is 1. The van der Waals surface area contributed by atoms with Gasteiger partial charge in [-0.15, -0.1) is 6.58 Å². The van der Waals surface area contributed by atoms with Crippen molar-refractivity contribution in [1.82, 2.24) is 9.38 Å². The van der Waals surface area contributed by atoms with Crippen LogP contribution in [-0.2, 0) is 13.0 Å². The van der Waals surface area contributed by atoms with E-state index in [2.05, 4.69) is 65.3 Å². The molecule has 0 unspecified atom stereocenters. The van der Waals surface area contributed by atoms with Crippen molar-refractivity contribution in [3.63, 3.8) is 0 Å². The molecule has 0 bridgehead atoms. The number of nitrogens with zero attached hydrogens (tertiary/aromatic N) is 4. The van der Waals surface area contributed by atoms with Crippen molar-refractivity contribution in [2.45, 2.75) is 19.9 Å². The van der Waals surface area contributed by atoms with E-state index >= 15 is 0 Å². The van der Waals surface area contributed by atoms with Crippen LogP contribution in [0.2, 0.25) is 0 Å². The van der Waals surface area contributed by atoms with Gasteiger partial charge in [-0.2, -0.15) is 5.26 Å². The third kappa shape index (κ3) is 3.43. The maximum Gasteiger partial charge on any atom is 0.157 e. The molecule has 0 saturated carbocycles. The topological polar surface area (TPSA) is 48.8 Å². The zero-order valence-corrected chi connectivity index (χ0v) is 18.5. The minimum absolute atomic E-state index is 0.662. The summed E-state index contributed by atoms with van der Waals surface area (Å²) < 4.78 is 2.21. The van der Waals surface area contributed by atoms with Crippen LogP contribution in [0.3, 0.4) is 0 Å². The first-order valence-corrected chi connectivity index (χ1v) is 11.3. The number of nitrogens with one attached hydrogen (secondary N) is 1. The average molecular weight is 423 g/mol. The minimum Gasteiger partial charge on any atom is -0.346 e. The summed E-state index contributed by atoms with van der Waals surface area (Å²) in [4.78, 5) is 8.95. The fourth-order valence-electron chi connectivity index (χ4n) is 4.98. The Balaban J connectivity index is 1.58. The summed E-state index contributed by atoms with van der Waals surface area (Å²) in [6, 6.07) is 21.3. The highest BCUT2D eigenvalue weighted by Gasteiger charge is 2.27. The summed E-state index contributed by atoms with van der Waals surface area (Å²) in [6.45, 7) is 11.2. The monoisotopic (exact) mass is 422 g/mol. The number of anilines is 1. The standard InChI is InChI=1S/C27H27N5/c1-3-9-22-20(2)23(18-28)26-29-24-12-7-8-13-25(24)32(26)27(22)31-16-14-30(15-17-31)19-21-10-5-4-6-11-21/h3-8,10-13H,1,9,14-17,19H2,2H3/p+1. The molecular weight excluding hydrogens is 394 g/mol. The van der Waals surface area contributed by atoms with Gasteiger partial charge in [0.25, 0.3) is 0 Å². The molecule has 0 aliphatic carbocycles. The molecule has 5 heteroatoms. The Labute approximate surface area is 188 Å². The van der Waals surface area contributed by atoms with Crippen LogP contribution in [0, 0.1) is 18.3 Å². The van der Waals surface area contributed by atoms with E-state index in [1.807, 2.05) is 24.3 Å². The molecule has 0 atom stereocenters. The van der Waals surface area contributed by atoms with Gasteiger partial charge in [0.05, 0.1) is 42.8 Å². The Morgan fingerprint density at radius 3 is 2.53 bits per heavy atom. The first-order valence-electron chi connectivity index (χ1n) is 11.3. The lowest BCUT2D eigenvalue weighted by molar-refractivity contribution is -0.914. The van der Waals surface area contributed by atoms with Crippen molar-refractivity contribution < 1.29 is 4.90 Å². The first-order chi connectivity index (χ1) is 15.7. The van der Waals surface area contributed by atoms with Crippen molar-refractivity contribution in [3.8, 4) is 6.07 Å². The molecule has 4 aromatic rings. The number of hydrogen-bond donors (Lipinski definition) is 1. The van der Waals surface area contributed by atoms with Crippen molar-refractivity contribution in [1.29, 1.82) is 5.26 Å². The number of imidazole rings is 1. The Morgan fingerprint density at radius 2 is 1.81 bits per heavy atom. The molecule has 2 aromatic carbocycles. The lowest BCUT2D eigenvalue weighted by atomic mass is 10.0. The molecule has 1 aliphatic heterocycles. The second-order valence-corrected chi connectivity index (χ2v) is 8.57. The highest BCUT2D eigenvalue weighted by atomic mass is 15.3. The molecule has 3 heterocycles. The summed E-state index contributed by atoms with van der Waals surface area (Å²) >= 11 is 0. The van der Waals surface area contributed by atoms with Gasteiger partial charge in [-0.25, -0.2) is 4.98 Å². The second-order valence-electron chi connectivity index (χ2n) is 8.57. The van der Waals surface area contributed by atoms with E-state index < -0.39 is 0 Å². The van der Waals surface area contributed by atoms with Gasteiger partial charge < -0.3 is 9.80 Å². The van der Waals surface area contributed by atoms with Crippen molar-refractivity contribution in [2.24, 2.45) is 0 Å². The number of quaternary nitrogens is 1. The predicted molar refractivity (Wildman–Crippen MR) is 129 cm³/mol. The zero-order valence-electron chi connectivity index (χ0n) is 18.5. The van der Waals surface area contributed by atoms with Gasteiger partial charge in [0.15, 0.2) is 5.65 Å². The largest absolute Gasteiger partial charge is 0.346 e. The quantitative estimate of drug-likeness (QED) is 0.502. The number of rotatable bonds is 5. The van der Waals surface area contributed by atoms with Gasteiger partial charge in [0, 0.05) is 11.1 Å². The summed E-state index contributed by atoms with van der Waals surface area (Å²) in [5, 5.41) is 9.96. The van der Waals surface area contributed by atoms with Crippen molar-refractivity contribution in [3.05, 3.63) is 89.5 Å². The first kappa shape index (κ1) is 20.3. The maximum absolute atomic E-state index is 9.96. The molecule has 1 fully saturated rings. The maximum atomic E-state index is 9.96. The van der Waals surface area contributed by atoms with Crippen molar-refractivity contribution in [2.75, 3.05) is 31.1 Å². The van der Waals surface area contributed by atoms with E-state index in [0.717, 1.165) is 61.4 Å². The summed E-state index contributed by atoms with van der Waals surface area (Å²) in [7, 11) is 0. The van der Waals surface area contributed by atoms with E-state index in [4.69, 9.17) is 4.98 Å². The van der Waals surface area contributed by atoms with Gasteiger partial charge in [-0.05, 0) is 31.0 Å².